The summed E-state index contributed by atoms with van der Waals surface area (Å²) >= 11 is 0. The van der Waals surface area contributed by atoms with E-state index in [2.05, 4.69) is 10.6 Å². The Morgan fingerprint density at radius 2 is 1.76 bits per heavy atom. The summed E-state index contributed by atoms with van der Waals surface area (Å²) < 4.78 is 0. The summed E-state index contributed by atoms with van der Waals surface area (Å²) in [6.07, 6.45) is 4.18. The van der Waals surface area contributed by atoms with Crippen molar-refractivity contribution in [2.75, 3.05) is 0 Å². The van der Waals surface area contributed by atoms with E-state index in [9.17, 15) is 14.4 Å². The molecule has 4 N–H and O–H groups in total. The van der Waals surface area contributed by atoms with Gasteiger partial charge in [0.15, 0.2) is 0 Å². The van der Waals surface area contributed by atoms with Crippen LogP contribution in [0.5, 0.6) is 0 Å². The van der Waals surface area contributed by atoms with Gasteiger partial charge in [-0.15, -0.1) is 0 Å². The van der Waals surface area contributed by atoms with E-state index in [-0.39, 0.29) is 24.7 Å². The number of carbonyl (C=O) groups is 3. The summed E-state index contributed by atoms with van der Waals surface area (Å²) in [5, 5.41) is 23.6. The first-order valence-electron chi connectivity index (χ1n) is 7.44. The number of piperidine rings is 1. The van der Waals surface area contributed by atoms with Crippen LogP contribution in [0.15, 0.2) is 0 Å². The fraction of sp³-hybridized carbons (Fsp3) is 0.786. The maximum Gasteiger partial charge on any atom is 0.326 e. The predicted octanol–water partition coefficient (Wildman–Crippen LogP) is 0.341. The third-order valence-electron chi connectivity index (χ3n) is 4.32. The van der Waals surface area contributed by atoms with Gasteiger partial charge in [0.1, 0.15) is 6.04 Å². The Labute approximate surface area is 123 Å². The zero-order chi connectivity index (χ0) is 15.4. The Bertz CT molecular complexity index is 414. The van der Waals surface area contributed by atoms with Crippen molar-refractivity contribution in [1.82, 2.24) is 10.6 Å². The molecule has 2 aliphatic rings. The van der Waals surface area contributed by atoms with Crippen molar-refractivity contribution in [2.24, 2.45) is 5.92 Å². The highest BCUT2D eigenvalue weighted by atomic mass is 16.4. The van der Waals surface area contributed by atoms with Crippen molar-refractivity contribution in [3.05, 3.63) is 0 Å². The number of carbonyl (C=O) groups excluding carboxylic acids is 1. The summed E-state index contributed by atoms with van der Waals surface area (Å²) in [6, 6.07) is -0.139. The molecule has 1 amide bonds. The number of fused-ring (bicyclic) bond motifs is 2. The monoisotopic (exact) mass is 298 g/mol. The maximum absolute atomic E-state index is 12.0. The van der Waals surface area contributed by atoms with Crippen molar-refractivity contribution < 1.29 is 24.6 Å². The molecule has 0 aliphatic carbocycles. The lowest BCUT2D eigenvalue weighted by atomic mass is 9.89. The van der Waals surface area contributed by atoms with Crippen LogP contribution in [-0.4, -0.2) is 46.2 Å². The first kappa shape index (κ1) is 15.8. The van der Waals surface area contributed by atoms with Gasteiger partial charge < -0.3 is 20.8 Å². The molecular formula is C14H22N2O5. The molecule has 2 fully saturated rings. The van der Waals surface area contributed by atoms with Crippen LogP contribution in [0.1, 0.15) is 44.9 Å². The van der Waals surface area contributed by atoms with E-state index in [0.29, 0.717) is 18.5 Å². The van der Waals surface area contributed by atoms with Gasteiger partial charge in [0.05, 0.1) is 0 Å². The molecule has 0 radical (unpaired) electrons. The first-order valence-corrected chi connectivity index (χ1v) is 7.44. The summed E-state index contributed by atoms with van der Waals surface area (Å²) in [6.45, 7) is 0. The van der Waals surface area contributed by atoms with E-state index >= 15 is 0 Å². The normalized spacial score (nSPS) is 28.9. The second kappa shape index (κ2) is 6.89. The number of carboxylic acids is 2. The van der Waals surface area contributed by atoms with Crippen molar-refractivity contribution >= 4 is 17.8 Å². The fourth-order valence-corrected chi connectivity index (χ4v) is 3.38. The van der Waals surface area contributed by atoms with Gasteiger partial charge in [-0.2, -0.15) is 0 Å². The highest BCUT2D eigenvalue weighted by Crippen LogP contribution is 2.32. The molecular weight excluding hydrogens is 276 g/mol. The van der Waals surface area contributed by atoms with E-state index in [0.717, 1.165) is 25.7 Å². The van der Waals surface area contributed by atoms with Gasteiger partial charge in [-0.1, -0.05) is 0 Å². The average Bonchev–Trinajstić information content (AvgIpc) is 2.73. The molecule has 21 heavy (non-hydrogen) atoms. The number of aliphatic carboxylic acids is 2. The summed E-state index contributed by atoms with van der Waals surface area (Å²) in [5.74, 6) is -2.25. The quantitative estimate of drug-likeness (QED) is 0.539. The Hall–Kier alpha value is -1.63. The van der Waals surface area contributed by atoms with Gasteiger partial charge in [0.2, 0.25) is 5.91 Å². The molecule has 0 saturated carbocycles. The van der Waals surface area contributed by atoms with E-state index in [1.54, 1.807) is 0 Å². The predicted molar refractivity (Wildman–Crippen MR) is 73.7 cm³/mol. The highest BCUT2D eigenvalue weighted by Gasteiger charge is 2.34. The number of hydrogen-bond donors (Lipinski definition) is 4. The maximum atomic E-state index is 12.0. The van der Waals surface area contributed by atoms with Crippen molar-refractivity contribution in [1.29, 1.82) is 0 Å². The molecule has 2 bridgehead atoms. The average molecular weight is 298 g/mol. The minimum Gasteiger partial charge on any atom is -0.481 e. The molecule has 2 unspecified atom stereocenters. The smallest absolute Gasteiger partial charge is 0.326 e. The largest absolute Gasteiger partial charge is 0.481 e. The van der Waals surface area contributed by atoms with E-state index < -0.39 is 18.0 Å². The molecule has 2 rings (SSSR count). The first-order chi connectivity index (χ1) is 9.94. The minimum absolute atomic E-state index is 0.0894. The van der Waals surface area contributed by atoms with Gasteiger partial charge in [-0.05, 0) is 38.0 Å². The second-order valence-electron chi connectivity index (χ2n) is 6.07. The van der Waals surface area contributed by atoms with Crippen LogP contribution in [0.25, 0.3) is 0 Å². The van der Waals surface area contributed by atoms with E-state index in [4.69, 9.17) is 10.2 Å². The molecule has 7 heteroatoms. The SMILES string of the molecule is O=C(O)CC[C@H](NC(=O)CC1CC2CCC(C1)N2)C(=O)O. The van der Waals surface area contributed by atoms with Gasteiger partial charge in [0.25, 0.3) is 0 Å². The van der Waals surface area contributed by atoms with Crippen molar-refractivity contribution in [3.63, 3.8) is 0 Å². The van der Waals surface area contributed by atoms with Crippen LogP contribution in [0, 0.1) is 5.92 Å². The Morgan fingerprint density at radius 1 is 1.14 bits per heavy atom. The highest BCUT2D eigenvalue weighted by molar-refractivity contribution is 5.84. The molecule has 7 nitrogen and oxygen atoms in total. The van der Waals surface area contributed by atoms with Crippen molar-refractivity contribution in [3.8, 4) is 0 Å². The number of nitrogens with one attached hydrogen (secondary N) is 2. The van der Waals surface area contributed by atoms with Crippen LogP contribution in [0.3, 0.4) is 0 Å². The van der Waals surface area contributed by atoms with Gasteiger partial charge >= 0.3 is 11.9 Å². The lowest BCUT2D eigenvalue weighted by Crippen LogP contribution is -2.43. The molecule has 0 spiro atoms. The summed E-state index contributed by atoms with van der Waals surface area (Å²) in [5.41, 5.74) is 0. The molecule has 118 valence electrons. The van der Waals surface area contributed by atoms with Crippen LogP contribution >= 0.6 is 0 Å². The number of rotatable bonds is 7. The summed E-state index contributed by atoms with van der Waals surface area (Å²) in [4.78, 5) is 33.5. The molecule has 0 aromatic carbocycles. The standard InChI is InChI=1S/C14H22N2O5/c17-12(16-11(14(20)21)3-4-13(18)19)7-8-5-9-1-2-10(6-8)15-9/h8-11,15H,1-7H2,(H,16,17)(H,18,19)(H,20,21)/t8?,9?,10?,11-/m0/s1. The Kier molecular flexibility index (Phi) is 5.17. The minimum atomic E-state index is -1.19. The van der Waals surface area contributed by atoms with Gasteiger partial charge in [-0.25, -0.2) is 4.79 Å². The lowest BCUT2D eigenvalue weighted by molar-refractivity contribution is -0.143. The van der Waals surface area contributed by atoms with Crippen molar-refractivity contribution in [2.45, 2.75) is 63.1 Å². The molecule has 2 saturated heterocycles. The lowest BCUT2D eigenvalue weighted by Gasteiger charge is -2.29. The van der Waals surface area contributed by atoms with Crippen LogP contribution in [0.2, 0.25) is 0 Å². The number of carboxylic acid groups (broad SMARTS) is 2. The number of hydrogen-bond acceptors (Lipinski definition) is 4. The van der Waals surface area contributed by atoms with E-state index in [1.165, 1.54) is 0 Å². The molecule has 2 heterocycles. The van der Waals surface area contributed by atoms with Crippen LogP contribution in [0.4, 0.5) is 0 Å². The molecule has 0 aromatic rings. The van der Waals surface area contributed by atoms with Crippen LogP contribution in [-0.2, 0) is 14.4 Å². The molecule has 3 atom stereocenters. The van der Waals surface area contributed by atoms with Gasteiger partial charge in [0, 0.05) is 24.9 Å². The fourth-order valence-electron chi connectivity index (χ4n) is 3.38. The molecule has 0 aromatic heterocycles. The Balaban J connectivity index is 1.79. The molecule has 2 aliphatic heterocycles. The van der Waals surface area contributed by atoms with Crippen LogP contribution < -0.4 is 10.6 Å². The zero-order valence-electron chi connectivity index (χ0n) is 11.9. The third kappa shape index (κ3) is 4.70. The topological polar surface area (TPSA) is 116 Å². The Morgan fingerprint density at radius 3 is 2.29 bits per heavy atom. The third-order valence-corrected chi connectivity index (χ3v) is 4.32. The second-order valence-corrected chi connectivity index (χ2v) is 6.07. The summed E-state index contributed by atoms with van der Waals surface area (Å²) in [7, 11) is 0. The number of amides is 1. The van der Waals surface area contributed by atoms with Gasteiger partial charge in [-0.3, -0.25) is 9.59 Å². The zero-order valence-corrected chi connectivity index (χ0v) is 11.9. The van der Waals surface area contributed by atoms with E-state index in [1.807, 2.05) is 0 Å².